The Morgan fingerprint density at radius 1 is 1.45 bits per heavy atom. The maximum atomic E-state index is 12.2. The van der Waals surface area contributed by atoms with Crippen LogP contribution in [0.1, 0.15) is 49.4 Å². The van der Waals surface area contributed by atoms with Crippen LogP contribution < -0.4 is 16.6 Å². The van der Waals surface area contributed by atoms with Crippen LogP contribution >= 0.6 is 11.6 Å². The van der Waals surface area contributed by atoms with Gasteiger partial charge in [-0.05, 0) is 37.7 Å². The van der Waals surface area contributed by atoms with Gasteiger partial charge in [-0.1, -0.05) is 24.9 Å². The summed E-state index contributed by atoms with van der Waals surface area (Å²) in [6.07, 6.45) is 7.19. The van der Waals surface area contributed by atoms with Gasteiger partial charge in [0.05, 0.1) is 10.6 Å². The molecule has 0 bridgehead atoms. The number of hydrogen-bond donors (Lipinski definition) is 3. The molecule has 1 fully saturated rings. The summed E-state index contributed by atoms with van der Waals surface area (Å²) in [5, 5.41) is 3.40. The molecule has 0 radical (unpaired) electrons. The van der Waals surface area contributed by atoms with E-state index in [1.807, 2.05) is 0 Å². The van der Waals surface area contributed by atoms with Crippen LogP contribution in [-0.2, 0) is 0 Å². The van der Waals surface area contributed by atoms with Crippen molar-refractivity contribution in [3.05, 3.63) is 22.8 Å². The highest BCUT2D eigenvalue weighted by Gasteiger charge is 2.22. The first-order chi connectivity index (χ1) is 9.63. The average Bonchev–Trinajstić information content (AvgIpc) is 2.48. The second-order valence-corrected chi connectivity index (χ2v) is 5.71. The Morgan fingerprint density at radius 3 is 2.70 bits per heavy atom. The zero-order valence-electron chi connectivity index (χ0n) is 11.7. The fraction of sp³-hybridized carbons (Fsp3) is 0.571. The van der Waals surface area contributed by atoms with Crippen LogP contribution in [0.15, 0.2) is 12.3 Å². The number of pyridine rings is 1. The lowest BCUT2D eigenvalue weighted by molar-refractivity contribution is 0.0921. The molecule has 1 amide bonds. The molecule has 0 atom stereocenters. The Kier molecular flexibility index (Phi) is 5.20. The van der Waals surface area contributed by atoms with Crippen molar-refractivity contribution >= 4 is 23.3 Å². The number of nitrogens with zero attached hydrogens (tertiary/aromatic N) is 1. The molecule has 0 saturated heterocycles. The van der Waals surface area contributed by atoms with Gasteiger partial charge in [-0.15, -0.1) is 0 Å². The van der Waals surface area contributed by atoms with E-state index in [2.05, 4.69) is 22.7 Å². The highest BCUT2D eigenvalue weighted by Crippen LogP contribution is 2.26. The first kappa shape index (κ1) is 15.1. The number of carbonyl (C=O) groups excluding carboxylic acids is 1. The number of hydrazine groups is 1. The third kappa shape index (κ3) is 3.61. The van der Waals surface area contributed by atoms with Gasteiger partial charge in [0.1, 0.15) is 0 Å². The number of anilines is 1. The normalized spacial score (nSPS) is 22.4. The van der Waals surface area contributed by atoms with E-state index in [0.717, 1.165) is 18.8 Å². The fourth-order valence-corrected chi connectivity index (χ4v) is 2.87. The van der Waals surface area contributed by atoms with E-state index in [0.29, 0.717) is 16.4 Å². The fourth-order valence-electron chi connectivity index (χ4n) is 2.65. The van der Waals surface area contributed by atoms with Crippen molar-refractivity contribution < 1.29 is 4.79 Å². The predicted molar refractivity (Wildman–Crippen MR) is 80.6 cm³/mol. The lowest BCUT2D eigenvalue weighted by atomic mass is 9.84. The Bertz CT molecular complexity index is 472. The number of aromatic nitrogens is 1. The number of carbonyl (C=O) groups is 1. The van der Waals surface area contributed by atoms with Crippen molar-refractivity contribution in [2.75, 3.05) is 5.43 Å². The molecular formula is C14H21ClN4O. The third-order valence-corrected chi connectivity index (χ3v) is 4.29. The van der Waals surface area contributed by atoms with E-state index in [-0.39, 0.29) is 11.9 Å². The molecule has 6 heteroatoms. The van der Waals surface area contributed by atoms with Gasteiger partial charge in [-0.2, -0.15) is 0 Å². The molecule has 0 aliphatic heterocycles. The van der Waals surface area contributed by atoms with Crippen molar-refractivity contribution in [2.45, 2.75) is 45.1 Å². The second-order valence-electron chi connectivity index (χ2n) is 5.30. The van der Waals surface area contributed by atoms with Gasteiger partial charge in [-0.3, -0.25) is 4.79 Å². The molecule has 0 aromatic carbocycles. The summed E-state index contributed by atoms with van der Waals surface area (Å²) in [7, 11) is 0. The molecule has 1 aromatic heterocycles. The number of halogens is 1. The quantitative estimate of drug-likeness (QED) is 0.589. The molecule has 0 unspecified atom stereocenters. The van der Waals surface area contributed by atoms with E-state index in [1.165, 1.54) is 25.5 Å². The molecule has 20 heavy (non-hydrogen) atoms. The summed E-state index contributed by atoms with van der Waals surface area (Å²) < 4.78 is 0. The first-order valence-corrected chi connectivity index (χ1v) is 7.44. The SMILES string of the molecule is CCC1CCC(NC(=O)c2cnc(NN)c(Cl)c2)CC1. The van der Waals surface area contributed by atoms with E-state index < -0.39 is 0 Å². The maximum Gasteiger partial charge on any atom is 0.253 e. The second kappa shape index (κ2) is 6.90. The molecule has 2 rings (SSSR count). The summed E-state index contributed by atoms with van der Waals surface area (Å²) in [5.41, 5.74) is 2.84. The van der Waals surface area contributed by atoms with Crippen molar-refractivity contribution in [1.82, 2.24) is 10.3 Å². The Morgan fingerprint density at radius 2 is 2.15 bits per heavy atom. The monoisotopic (exact) mass is 296 g/mol. The zero-order chi connectivity index (χ0) is 14.5. The number of rotatable bonds is 4. The zero-order valence-corrected chi connectivity index (χ0v) is 12.4. The minimum Gasteiger partial charge on any atom is -0.349 e. The summed E-state index contributed by atoms with van der Waals surface area (Å²) in [5.74, 6) is 6.31. The van der Waals surface area contributed by atoms with Gasteiger partial charge in [-0.25, -0.2) is 10.8 Å². The van der Waals surface area contributed by atoms with Crippen LogP contribution in [0.5, 0.6) is 0 Å². The molecule has 1 aliphatic rings. The summed E-state index contributed by atoms with van der Waals surface area (Å²) in [6, 6.07) is 1.84. The van der Waals surface area contributed by atoms with Crippen molar-refractivity contribution in [3.8, 4) is 0 Å². The first-order valence-electron chi connectivity index (χ1n) is 7.07. The maximum absolute atomic E-state index is 12.2. The van der Waals surface area contributed by atoms with Gasteiger partial charge >= 0.3 is 0 Å². The number of amides is 1. The molecule has 1 saturated carbocycles. The number of nitrogens with one attached hydrogen (secondary N) is 2. The Labute approximate surface area is 124 Å². The molecule has 5 nitrogen and oxygen atoms in total. The van der Waals surface area contributed by atoms with Crippen LogP contribution in [0, 0.1) is 5.92 Å². The summed E-state index contributed by atoms with van der Waals surface area (Å²) in [6.45, 7) is 2.23. The number of nitrogen functional groups attached to an aromatic ring is 1. The van der Waals surface area contributed by atoms with E-state index >= 15 is 0 Å². The van der Waals surface area contributed by atoms with Crippen molar-refractivity contribution in [1.29, 1.82) is 0 Å². The molecule has 110 valence electrons. The van der Waals surface area contributed by atoms with Gasteiger partial charge < -0.3 is 10.7 Å². The van der Waals surface area contributed by atoms with Crippen LogP contribution in [0.25, 0.3) is 0 Å². The summed E-state index contributed by atoms with van der Waals surface area (Å²) >= 11 is 5.97. The standard InChI is InChI=1S/C14H21ClN4O/c1-2-9-3-5-11(6-4-9)18-14(20)10-7-12(15)13(19-16)17-8-10/h7-9,11H,2-6,16H2,1H3,(H,17,19)(H,18,20). The van der Waals surface area contributed by atoms with E-state index in [9.17, 15) is 4.79 Å². The Balaban J connectivity index is 1.93. The lowest BCUT2D eigenvalue weighted by Crippen LogP contribution is -2.37. The molecule has 4 N–H and O–H groups in total. The molecule has 1 aromatic rings. The highest BCUT2D eigenvalue weighted by atomic mass is 35.5. The molecule has 1 heterocycles. The number of hydrogen-bond acceptors (Lipinski definition) is 4. The van der Waals surface area contributed by atoms with Crippen LogP contribution in [0.3, 0.4) is 0 Å². The van der Waals surface area contributed by atoms with Gasteiger partial charge in [0.15, 0.2) is 5.82 Å². The minimum atomic E-state index is -0.122. The highest BCUT2D eigenvalue weighted by molar-refractivity contribution is 6.33. The average molecular weight is 297 g/mol. The molecular weight excluding hydrogens is 276 g/mol. The van der Waals surface area contributed by atoms with Crippen LogP contribution in [0.2, 0.25) is 5.02 Å². The molecule has 1 aliphatic carbocycles. The van der Waals surface area contributed by atoms with Gasteiger partial charge in [0.25, 0.3) is 5.91 Å². The smallest absolute Gasteiger partial charge is 0.253 e. The third-order valence-electron chi connectivity index (χ3n) is 4.00. The number of nitrogens with two attached hydrogens (primary N) is 1. The summed E-state index contributed by atoms with van der Waals surface area (Å²) in [4.78, 5) is 16.2. The lowest BCUT2D eigenvalue weighted by Gasteiger charge is -2.28. The predicted octanol–water partition coefficient (Wildman–Crippen LogP) is 2.72. The van der Waals surface area contributed by atoms with Gasteiger partial charge in [0.2, 0.25) is 0 Å². The van der Waals surface area contributed by atoms with Gasteiger partial charge in [0, 0.05) is 12.2 Å². The Hall–Kier alpha value is -1.33. The van der Waals surface area contributed by atoms with Crippen molar-refractivity contribution in [3.63, 3.8) is 0 Å². The molecule has 0 spiro atoms. The topological polar surface area (TPSA) is 80.0 Å². The van der Waals surface area contributed by atoms with Crippen molar-refractivity contribution in [2.24, 2.45) is 11.8 Å². The largest absolute Gasteiger partial charge is 0.349 e. The van der Waals surface area contributed by atoms with Crippen LogP contribution in [0.4, 0.5) is 5.82 Å². The minimum absolute atomic E-state index is 0.122. The van der Waals surface area contributed by atoms with E-state index in [1.54, 1.807) is 6.07 Å². The van der Waals surface area contributed by atoms with Crippen LogP contribution in [-0.4, -0.2) is 16.9 Å². The van der Waals surface area contributed by atoms with E-state index in [4.69, 9.17) is 17.4 Å².